The fourth-order valence-corrected chi connectivity index (χ4v) is 3.18. The van der Waals surface area contributed by atoms with E-state index in [4.69, 9.17) is 9.26 Å². The second kappa shape index (κ2) is 7.22. The van der Waals surface area contributed by atoms with Crippen LogP contribution in [0.5, 0.6) is 5.88 Å². The first-order valence-electron chi connectivity index (χ1n) is 8.98. The molecule has 1 saturated heterocycles. The van der Waals surface area contributed by atoms with E-state index in [1.807, 2.05) is 26.0 Å². The maximum absolute atomic E-state index is 12.4. The first kappa shape index (κ1) is 17.3. The molecule has 1 amide bonds. The van der Waals surface area contributed by atoms with Gasteiger partial charge in [-0.1, -0.05) is 5.16 Å². The minimum atomic E-state index is -0.119. The summed E-state index contributed by atoms with van der Waals surface area (Å²) >= 11 is 0. The fraction of sp³-hybridized carbons (Fsp3) is 0.368. The summed E-state index contributed by atoms with van der Waals surface area (Å²) < 4.78 is 10.8. The van der Waals surface area contributed by atoms with Crippen molar-refractivity contribution in [3.8, 4) is 5.88 Å². The van der Waals surface area contributed by atoms with Gasteiger partial charge in [-0.2, -0.15) is 0 Å². The number of amides is 1. The van der Waals surface area contributed by atoms with Gasteiger partial charge in [0.2, 0.25) is 11.6 Å². The van der Waals surface area contributed by atoms with Gasteiger partial charge in [0.25, 0.3) is 5.91 Å². The van der Waals surface area contributed by atoms with Crippen LogP contribution in [0.4, 0.5) is 5.69 Å². The standard InChI is InChI=1S/C19H21N5O3/c1-13(2)26-18-15-11-14(3-4-16(15)20-12-21-18)23-7-9-24(10-8-23)19(25)17-5-6-22-27-17/h3-6,11-13H,7-10H2,1-2H3. The predicted octanol–water partition coefficient (Wildman–Crippen LogP) is 2.37. The number of fused-ring (bicyclic) bond motifs is 1. The second-order valence-corrected chi connectivity index (χ2v) is 6.70. The molecule has 0 spiro atoms. The number of hydrogen-bond donors (Lipinski definition) is 0. The molecule has 3 heterocycles. The van der Waals surface area contributed by atoms with Crippen molar-refractivity contribution in [2.75, 3.05) is 31.1 Å². The van der Waals surface area contributed by atoms with Gasteiger partial charge in [-0.25, -0.2) is 9.97 Å². The number of benzene rings is 1. The first-order chi connectivity index (χ1) is 13.1. The van der Waals surface area contributed by atoms with E-state index < -0.39 is 0 Å². The highest BCUT2D eigenvalue weighted by molar-refractivity contribution is 5.91. The second-order valence-electron chi connectivity index (χ2n) is 6.70. The van der Waals surface area contributed by atoms with Crippen molar-refractivity contribution < 1.29 is 14.1 Å². The summed E-state index contributed by atoms with van der Waals surface area (Å²) in [7, 11) is 0. The lowest BCUT2D eigenvalue weighted by atomic mass is 10.2. The average Bonchev–Trinajstić information content (AvgIpc) is 3.22. The zero-order valence-corrected chi connectivity index (χ0v) is 15.3. The van der Waals surface area contributed by atoms with Crippen LogP contribution in [-0.2, 0) is 0 Å². The van der Waals surface area contributed by atoms with Crippen LogP contribution in [0, 0.1) is 0 Å². The minimum Gasteiger partial charge on any atom is -0.474 e. The number of carbonyl (C=O) groups excluding carboxylic acids is 1. The Morgan fingerprint density at radius 2 is 1.96 bits per heavy atom. The number of ether oxygens (including phenoxy) is 1. The predicted molar refractivity (Wildman–Crippen MR) is 99.9 cm³/mol. The van der Waals surface area contributed by atoms with Gasteiger partial charge in [-0.15, -0.1) is 0 Å². The molecule has 3 aromatic rings. The quantitative estimate of drug-likeness (QED) is 0.700. The maximum atomic E-state index is 12.4. The number of anilines is 1. The molecule has 1 fully saturated rings. The van der Waals surface area contributed by atoms with Crippen molar-refractivity contribution in [3.63, 3.8) is 0 Å². The lowest BCUT2D eigenvalue weighted by Crippen LogP contribution is -2.48. The van der Waals surface area contributed by atoms with Crippen molar-refractivity contribution in [1.82, 2.24) is 20.0 Å². The molecule has 0 atom stereocenters. The van der Waals surface area contributed by atoms with Crippen LogP contribution in [0.1, 0.15) is 24.4 Å². The third-order valence-electron chi connectivity index (χ3n) is 4.51. The van der Waals surface area contributed by atoms with Gasteiger partial charge in [0, 0.05) is 37.9 Å². The Hall–Kier alpha value is -3.16. The largest absolute Gasteiger partial charge is 0.474 e. The number of aromatic nitrogens is 3. The summed E-state index contributed by atoms with van der Waals surface area (Å²) in [5, 5.41) is 4.49. The Morgan fingerprint density at radius 3 is 2.67 bits per heavy atom. The molecule has 0 bridgehead atoms. The molecule has 27 heavy (non-hydrogen) atoms. The molecule has 0 N–H and O–H groups in total. The Bertz CT molecular complexity index is 934. The van der Waals surface area contributed by atoms with Gasteiger partial charge in [-0.05, 0) is 32.0 Å². The highest BCUT2D eigenvalue weighted by atomic mass is 16.5. The highest BCUT2D eigenvalue weighted by Gasteiger charge is 2.24. The summed E-state index contributed by atoms with van der Waals surface area (Å²) in [6, 6.07) is 7.67. The molecular formula is C19H21N5O3. The van der Waals surface area contributed by atoms with Crippen LogP contribution in [0.15, 0.2) is 41.3 Å². The van der Waals surface area contributed by atoms with Gasteiger partial charge in [0.1, 0.15) is 6.33 Å². The molecule has 1 aromatic carbocycles. The van der Waals surface area contributed by atoms with Crippen LogP contribution in [0.3, 0.4) is 0 Å². The molecule has 0 saturated carbocycles. The SMILES string of the molecule is CC(C)Oc1ncnc2ccc(N3CCN(C(=O)c4ccno4)CC3)cc12. The molecule has 0 radical (unpaired) electrons. The molecule has 140 valence electrons. The highest BCUT2D eigenvalue weighted by Crippen LogP contribution is 2.28. The van der Waals surface area contributed by atoms with Gasteiger partial charge >= 0.3 is 0 Å². The van der Waals surface area contributed by atoms with Crippen LogP contribution in [0.2, 0.25) is 0 Å². The van der Waals surface area contributed by atoms with E-state index >= 15 is 0 Å². The molecule has 0 aliphatic carbocycles. The summed E-state index contributed by atoms with van der Waals surface area (Å²) in [6.45, 7) is 6.67. The summed E-state index contributed by atoms with van der Waals surface area (Å²) in [6.07, 6.45) is 3.04. The van der Waals surface area contributed by atoms with E-state index in [1.54, 1.807) is 11.0 Å². The topological polar surface area (TPSA) is 84.6 Å². The fourth-order valence-electron chi connectivity index (χ4n) is 3.18. The number of piperazine rings is 1. The van der Waals surface area contributed by atoms with E-state index in [0.29, 0.717) is 19.0 Å². The third-order valence-corrected chi connectivity index (χ3v) is 4.51. The van der Waals surface area contributed by atoms with E-state index in [1.165, 1.54) is 12.5 Å². The number of rotatable bonds is 4. The smallest absolute Gasteiger partial charge is 0.292 e. The molecule has 0 unspecified atom stereocenters. The Balaban J connectivity index is 1.51. The normalized spacial score (nSPS) is 14.8. The summed E-state index contributed by atoms with van der Waals surface area (Å²) in [4.78, 5) is 25.0. The molecule has 2 aromatic heterocycles. The average molecular weight is 367 g/mol. The Morgan fingerprint density at radius 1 is 1.15 bits per heavy atom. The first-order valence-corrected chi connectivity index (χ1v) is 8.98. The molecule has 1 aliphatic rings. The van der Waals surface area contributed by atoms with Crippen molar-refractivity contribution in [2.45, 2.75) is 20.0 Å². The van der Waals surface area contributed by atoms with E-state index in [0.717, 1.165) is 29.7 Å². The van der Waals surface area contributed by atoms with Gasteiger partial charge < -0.3 is 19.1 Å². The molecule has 4 rings (SSSR count). The molecular weight excluding hydrogens is 346 g/mol. The third kappa shape index (κ3) is 3.55. The van der Waals surface area contributed by atoms with Crippen molar-refractivity contribution in [1.29, 1.82) is 0 Å². The van der Waals surface area contributed by atoms with Crippen molar-refractivity contribution in [3.05, 3.63) is 42.5 Å². The number of nitrogens with zero attached hydrogens (tertiary/aromatic N) is 5. The van der Waals surface area contributed by atoms with E-state index in [9.17, 15) is 4.79 Å². The van der Waals surface area contributed by atoms with Gasteiger partial charge in [0.05, 0.1) is 23.2 Å². The molecule has 8 heteroatoms. The van der Waals surface area contributed by atoms with Gasteiger partial charge in [0.15, 0.2) is 0 Å². The van der Waals surface area contributed by atoms with Crippen LogP contribution >= 0.6 is 0 Å². The van der Waals surface area contributed by atoms with Gasteiger partial charge in [-0.3, -0.25) is 4.79 Å². The van der Waals surface area contributed by atoms with Crippen molar-refractivity contribution in [2.24, 2.45) is 0 Å². The van der Waals surface area contributed by atoms with Crippen LogP contribution in [0.25, 0.3) is 10.9 Å². The monoisotopic (exact) mass is 367 g/mol. The summed E-state index contributed by atoms with van der Waals surface area (Å²) in [5.74, 6) is 0.754. The Labute approximate surface area is 156 Å². The Kier molecular flexibility index (Phi) is 4.62. The number of carbonyl (C=O) groups is 1. The lowest BCUT2D eigenvalue weighted by molar-refractivity contribution is 0.0705. The van der Waals surface area contributed by atoms with Crippen LogP contribution < -0.4 is 9.64 Å². The zero-order valence-electron chi connectivity index (χ0n) is 15.3. The van der Waals surface area contributed by atoms with E-state index in [-0.39, 0.29) is 17.8 Å². The zero-order chi connectivity index (χ0) is 18.8. The lowest BCUT2D eigenvalue weighted by Gasteiger charge is -2.35. The summed E-state index contributed by atoms with van der Waals surface area (Å²) in [5.41, 5.74) is 1.92. The molecule has 8 nitrogen and oxygen atoms in total. The number of hydrogen-bond acceptors (Lipinski definition) is 7. The van der Waals surface area contributed by atoms with Crippen LogP contribution in [-0.4, -0.2) is 58.2 Å². The minimum absolute atomic E-state index is 0.0393. The van der Waals surface area contributed by atoms with E-state index in [2.05, 4.69) is 26.1 Å². The molecule has 1 aliphatic heterocycles. The van der Waals surface area contributed by atoms with Crippen molar-refractivity contribution >= 4 is 22.5 Å². The maximum Gasteiger partial charge on any atom is 0.292 e.